The first-order valence-electron chi connectivity index (χ1n) is 9.41. The van der Waals surface area contributed by atoms with Gasteiger partial charge in [-0.3, -0.25) is 24.6 Å². The van der Waals surface area contributed by atoms with Crippen LogP contribution in [-0.4, -0.2) is 51.0 Å². The maximum absolute atomic E-state index is 12.4. The highest BCUT2D eigenvalue weighted by Crippen LogP contribution is 2.38. The van der Waals surface area contributed by atoms with Crippen molar-refractivity contribution in [2.24, 2.45) is 0 Å². The van der Waals surface area contributed by atoms with Crippen molar-refractivity contribution in [1.29, 1.82) is 0 Å². The van der Waals surface area contributed by atoms with E-state index < -0.39 is 6.04 Å². The second-order valence-corrected chi connectivity index (χ2v) is 7.17. The molecule has 4 rings (SSSR count). The lowest BCUT2D eigenvalue weighted by Gasteiger charge is -2.34. The number of piperazine rings is 1. The molecule has 0 radical (unpaired) electrons. The summed E-state index contributed by atoms with van der Waals surface area (Å²) >= 11 is 0. The largest absolute Gasteiger partial charge is 0.353 e. The van der Waals surface area contributed by atoms with Crippen molar-refractivity contribution in [2.75, 3.05) is 13.1 Å². The number of carbonyl (C=O) groups excluding carboxylic acids is 2. The van der Waals surface area contributed by atoms with Crippen molar-refractivity contribution in [2.45, 2.75) is 44.3 Å². The maximum atomic E-state index is 12.4. The zero-order valence-corrected chi connectivity index (χ0v) is 15.1. The molecular formula is C19H24N6O2. The summed E-state index contributed by atoms with van der Waals surface area (Å²) in [5.41, 5.74) is 2.86. The van der Waals surface area contributed by atoms with E-state index >= 15 is 0 Å². The first-order valence-corrected chi connectivity index (χ1v) is 9.41. The van der Waals surface area contributed by atoms with E-state index in [0.717, 1.165) is 17.1 Å². The van der Waals surface area contributed by atoms with Gasteiger partial charge in [-0.15, -0.1) is 0 Å². The minimum absolute atomic E-state index is 0.107. The van der Waals surface area contributed by atoms with Crippen molar-refractivity contribution in [3.05, 3.63) is 47.5 Å². The lowest BCUT2D eigenvalue weighted by molar-refractivity contribution is -0.134. The summed E-state index contributed by atoms with van der Waals surface area (Å²) < 4.78 is 0. The van der Waals surface area contributed by atoms with E-state index in [2.05, 4.69) is 25.8 Å². The number of nitrogens with zero attached hydrogens (tertiary/aromatic N) is 3. The monoisotopic (exact) mass is 368 g/mol. The van der Waals surface area contributed by atoms with Crippen LogP contribution in [0, 0.1) is 0 Å². The van der Waals surface area contributed by atoms with Crippen molar-refractivity contribution in [3.8, 4) is 0 Å². The molecule has 8 nitrogen and oxygen atoms in total. The van der Waals surface area contributed by atoms with E-state index in [9.17, 15) is 9.59 Å². The van der Waals surface area contributed by atoms with E-state index in [1.54, 1.807) is 6.20 Å². The Bertz CT molecular complexity index is 802. The van der Waals surface area contributed by atoms with Gasteiger partial charge in [0.15, 0.2) is 0 Å². The average molecular weight is 368 g/mol. The second-order valence-electron chi connectivity index (χ2n) is 7.17. The number of H-pyrrole nitrogens is 1. The predicted molar refractivity (Wildman–Crippen MR) is 98.5 cm³/mol. The van der Waals surface area contributed by atoms with Gasteiger partial charge in [-0.25, -0.2) is 0 Å². The van der Waals surface area contributed by atoms with E-state index in [-0.39, 0.29) is 18.2 Å². The van der Waals surface area contributed by atoms with Gasteiger partial charge < -0.3 is 10.6 Å². The number of aromatic nitrogens is 3. The predicted octanol–water partition coefficient (Wildman–Crippen LogP) is 0.689. The van der Waals surface area contributed by atoms with E-state index in [4.69, 9.17) is 0 Å². The molecule has 3 heterocycles. The Kier molecular flexibility index (Phi) is 5.15. The Labute approximate surface area is 157 Å². The molecule has 2 aromatic heterocycles. The number of rotatable bonds is 7. The summed E-state index contributed by atoms with van der Waals surface area (Å²) in [4.78, 5) is 31.1. The molecule has 0 aromatic carbocycles. The van der Waals surface area contributed by atoms with Crippen LogP contribution in [-0.2, 0) is 22.7 Å². The quantitative estimate of drug-likeness (QED) is 0.667. The molecule has 1 aliphatic heterocycles. The summed E-state index contributed by atoms with van der Waals surface area (Å²) in [7, 11) is 0. The Balaban J connectivity index is 1.32. The van der Waals surface area contributed by atoms with Gasteiger partial charge in [-0.05, 0) is 31.0 Å². The normalized spacial score (nSPS) is 20.3. The van der Waals surface area contributed by atoms with E-state index in [1.807, 2.05) is 29.2 Å². The fourth-order valence-corrected chi connectivity index (χ4v) is 3.37. The molecule has 1 aliphatic carbocycles. The summed E-state index contributed by atoms with van der Waals surface area (Å²) in [6.45, 7) is 2.23. The summed E-state index contributed by atoms with van der Waals surface area (Å²) in [5, 5.41) is 13.0. The van der Waals surface area contributed by atoms with E-state index in [1.165, 1.54) is 12.8 Å². The molecule has 27 heavy (non-hydrogen) atoms. The lowest BCUT2D eigenvalue weighted by atomic mass is 10.1. The lowest BCUT2D eigenvalue weighted by Crippen LogP contribution is -2.56. The van der Waals surface area contributed by atoms with Gasteiger partial charge in [0.25, 0.3) is 0 Å². The van der Waals surface area contributed by atoms with Gasteiger partial charge in [0, 0.05) is 31.7 Å². The number of carbonyl (C=O) groups is 2. The average Bonchev–Trinajstić information content (AvgIpc) is 3.42. The third kappa shape index (κ3) is 4.51. The standard InChI is InChI=1S/C19H24N6O2/c26-18(22-11-15-9-16(24-23-15)13-4-5-13)10-17-19(27)21-7-8-25(17)12-14-3-1-2-6-20-14/h1-3,6,9,13,17H,4-5,7-8,10-12H2,(H,21,27)(H,22,26)(H,23,24). The summed E-state index contributed by atoms with van der Waals surface area (Å²) in [6.07, 6.45) is 4.25. The minimum Gasteiger partial charge on any atom is -0.353 e. The minimum atomic E-state index is -0.482. The molecule has 2 aromatic rings. The van der Waals surface area contributed by atoms with Gasteiger partial charge in [0.2, 0.25) is 11.8 Å². The fraction of sp³-hybridized carbons (Fsp3) is 0.474. The maximum Gasteiger partial charge on any atom is 0.237 e. The number of nitrogens with one attached hydrogen (secondary N) is 3. The third-order valence-corrected chi connectivity index (χ3v) is 5.03. The zero-order chi connectivity index (χ0) is 18.6. The molecular weight excluding hydrogens is 344 g/mol. The Morgan fingerprint density at radius 2 is 2.22 bits per heavy atom. The zero-order valence-electron chi connectivity index (χ0n) is 15.1. The highest BCUT2D eigenvalue weighted by atomic mass is 16.2. The van der Waals surface area contributed by atoms with Crippen molar-refractivity contribution >= 4 is 11.8 Å². The molecule has 2 fully saturated rings. The van der Waals surface area contributed by atoms with Crippen LogP contribution < -0.4 is 10.6 Å². The smallest absolute Gasteiger partial charge is 0.237 e. The number of aromatic amines is 1. The number of hydrogen-bond donors (Lipinski definition) is 3. The summed E-state index contributed by atoms with van der Waals surface area (Å²) in [6, 6.07) is 7.25. The topological polar surface area (TPSA) is 103 Å². The summed E-state index contributed by atoms with van der Waals surface area (Å²) in [5.74, 6) is 0.326. The van der Waals surface area contributed by atoms with Crippen LogP contribution in [0.3, 0.4) is 0 Å². The van der Waals surface area contributed by atoms with Crippen molar-refractivity contribution in [3.63, 3.8) is 0 Å². The first-order chi connectivity index (χ1) is 13.2. The molecule has 1 unspecified atom stereocenters. The molecule has 142 valence electrons. The Morgan fingerprint density at radius 3 is 3.00 bits per heavy atom. The number of amides is 2. The first kappa shape index (κ1) is 17.7. The molecule has 0 spiro atoms. The van der Waals surface area contributed by atoms with Crippen LogP contribution in [0.2, 0.25) is 0 Å². The van der Waals surface area contributed by atoms with Crippen molar-refractivity contribution < 1.29 is 9.59 Å². The van der Waals surface area contributed by atoms with Crippen LogP contribution >= 0.6 is 0 Å². The van der Waals surface area contributed by atoms with Crippen LogP contribution in [0.25, 0.3) is 0 Å². The van der Waals surface area contributed by atoms with Gasteiger partial charge >= 0.3 is 0 Å². The van der Waals surface area contributed by atoms with Gasteiger partial charge in [-0.2, -0.15) is 5.10 Å². The van der Waals surface area contributed by atoms with Gasteiger partial charge in [-0.1, -0.05) is 6.07 Å². The van der Waals surface area contributed by atoms with Crippen LogP contribution in [0.1, 0.15) is 42.3 Å². The number of pyridine rings is 1. The molecule has 2 amide bonds. The third-order valence-electron chi connectivity index (χ3n) is 5.03. The molecule has 8 heteroatoms. The highest BCUT2D eigenvalue weighted by Gasteiger charge is 2.32. The fourth-order valence-electron chi connectivity index (χ4n) is 3.37. The molecule has 0 bridgehead atoms. The second kappa shape index (κ2) is 7.87. The number of hydrogen-bond acceptors (Lipinski definition) is 5. The van der Waals surface area contributed by atoms with Gasteiger partial charge in [0.1, 0.15) is 0 Å². The van der Waals surface area contributed by atoms with Crippen LogP contribution in [0.15, 0.2) is 30.5 Å². The molecule has 1 saturated heterocycles. The van der Waals surface area contributed by atoms with Crippen LogP contribution in [0.4, 0.5) is 0 Å². The molecule has 1 atom stereocenters. The van der Waals surface area contributed by atoms with Gasteiger partial charge in [0.05, 0.1) is 36.1 Å². The Hall–Kier alpha value is -2.74. The molecule has 3 N–H and O–H groups in total. The van der Waals surface area contributed by atoms with Crippen LogP contribution in [0.5, 0.6) is 0 Å². The van der Waals surface area contributed by atoms with Crippen molar-refractivity contribution in [1.82, 2.24) is 30.7 Å². The molecule has 1 saturated carbocycles. The Morgan fingerprint density at radius 1 is 1.33 bits per heavy atom. The highest BCUT2D eigenvalue weighted by molar-refractivity contribution is 5.88. The SMILES string of the molecule is O=C(CC1C(=O)NCCN1Cc1ccccn1)NCc1cc(C2CC2)n[nH]1. The van der Waals surface area contributed by atoms with E-state index in [0.29, 0.717) is 32.1 Å². The molecule has 2 aliphatic rings.